The van der Waals surface area contributed by atoms with E-state index in [9.17, 15) is 0 Å². The number of nitrogens with zero attached hydrogens (tertiary/aromatic N) is 2. The van der Waals surface area contributed by atoms with Crippen LogP contribution >= 0.6 is 0 Å². The van der Waals surface area contributed by atoms with Gasteiger partial charge in [-0.05, 0) is 62.2 Å². The second kappa shape index (κ2) is 4.40. The van der Waals surface area contributed by atoms with Gasteiger partial charge in [0.1, 0.15) is 11.6 Å². The number of aryl methyl sites for hydroxylation is 1. The molecule has 4 saturated carbocycles. The third kappa shape index (κ3) is 1.69. The SMILES string of the molecule is CCCc1nc(C2C3CC4CC(C3)CC2C4)n(N)c1N. The van der Waals surface area contributed by atoms with Crippen LogP contribution in [0.3, 0.4) is 0 Å². The summed E-state index contributed by atoms with van der Waals surface area (Å²) in [6, 6.07) is 0. The zero-order chi connectivity index (χ0) is 13.9. The summed E-state index contributed by atoms with van der Waals surface area (Å²) < 4.78 is 1.71. The average molecular weight is 274 g/mol. The van der Waals surface area contributed by atoms with Gasteiger partial charge in [-0.15, -0.1) is 0 Å². The third-order valence-electron chi connectivity index (χ3n) is 6.06. The number of nitrogens with two attached hydrogens (primary N) is 2. The van der Waals surface area contributed by atoms with E-state index in [1.165, 1.54) is 32.1 Å². The van der Waals surface area contributed by atoms with E-state index in [2.05, 4.69) is 6.92 Å². The Morgan fingerprint density at radius 2 is 1.70 bits per heavy atom. The Kier molecular flexibility index (Phi) is 2.76. The molecule has 0 amide bonds. The fraction of sp³-hybridized carbons (Fsp3) is 0.812. The first-order chi connectivity index (χ1) is 9.67. The number of nitrogen functional groups attached to an aromatic ring is 2. The van der Waals surface area contributed by atoms with Crippen molar-refractivity contribution in [3.05, 3.63) is 11.5 Å². The molecule has 0 radical (unpaired) electrons. The Bertz CT molecular complexity index is 491. The molecule has 4 nitrogen and oxygen atoms in total. The lowest BCUT2D eigenvalue weighted by molar-refractivity contribution is -0.00625. The highest BCUT2D eigenvalue weighted by Crippen LogP contribution is 2.59. The smallest absolute Gasteiger partial charge is 0.145 e. The Morgan fingerprint density at radius 1 is 1.10 bits per heavy atom. The van der Waals surface area contributed by atoms with Gasteiger partial charge in [-0.1, -0.05) is 13.3 Å². The van der Waals surface area contributed by atoms with Gasteiger partial charge in [0, 0.05) is 5.92 Å². The minimum Gasteiger partial charge on any atom is -0.382 e. The van der Waals surface area contributed by atoms with E-state index in [-0.39, 0.29) is 0 Å². The number of imidazole rings is 1. The van der Waals surface area contributed by atoms with Gasteiger partial charge in [-0.2, -0.15) is 0 Å². The predicted molar refractivity (Wildman–Crippen MR) is 80.6 cm³/mol. The number of rotatable bonds is 3. The summed E-state index contributed by atoms with van der Waals surface area (Å²) in [5.74, 6) is 12.2. The van der Waals surface area contributed by atoms with Crippen molar-refractivity contribution in [3.8, 4) is 0 Å². The molecule has 4 aliphatic rings. The van der Waals surface area contributed by atoms with Crippen LogP contribution < -0.4 is 11.6 Å². The summed E-state index contributed by atoms with van der Waals surface area (Å²) in [6.45, 7) is 2.16. The molecule has 0 atom stereocenters. The lowest BCUT2D eigenvalue weighted by Crippen LogP contribution is -2.45. The van der Waals surface area contributed by atoms with Gasteiger partial charge >= 0.3 is 0 Å². The molecule has 1 aromatic heterocycles. The Morgan fingerprint density at radius 3 is 2.25 bits per heavy atom. The van der Waals surface area contributed by atoms with Crippen LogP contribution in [0.15, 0.2) is 0 Å². The van der Waals surface area contributed by atoms with Crippen LogP contribution in [0.25, 0.3) is 0 Å². The molecule has 0 aromatic carbocycles. The summed E-state index contributed by atoms with van der Waals surface area (Å²) in [6.07, 6.45) is 9.08. The highest BCUT2D eigenvalue weighted by molar-refractivity contribution is 5.39. The topological polar surface area (TPSA) is 69.9 Å². The molecule has 0 spiro atoms. The quantitative estimate of drug-likeness (QED) is 0.833. The molecule has 5 rings (SSSR count). The summed E-state index contributed by atoms with van der Waals surface area (Å²) in [4.78, 5) is 4.86. The van der Waals surface area contributed by atoms with Gasteiger partial charge < -0.3 is 11.6 Å². The Labute approximate surface area is 120 Å². The highest BCUT2D eigenvalue weighted by atomic mass is 15.4. The molecule has 20 heavy (non-hydrogen) atoms. The normalized spacial score (nSPS) is 38.5. The minimum absolute atomic E-state index is 0.570. The molecule has 0 saturated heterocycles. The summed E-state index contributed by atoms with van der Waals surface area (Å²) in [5, 5.41) is 0. The van der Waals surface area contributed by atoms with Crippen LogP contribution in [-0.4, -0.2) is 9.66 Å². The number of aromatic nitrogens is 2. The van der Waals surface area contributed by atoms with Gasteiger partial charge in [0.2, 0.25) is 0 Å². The Balaban J connectivity index is 1.69. The summed E-state index contributed by atoms with van der Waals surface area (Å²) in [5.41, 5.74) is 7.17. The summed E-state index contributed by atoms with van der Waals surface area (Å²) >= 11 is 0. The molecule has 4 aliphatic carbocycles. The first kappa shape index (κ1) is 12.5. The molecule has 1 aromatic rings. The van der Waals surface area contributed by atoms with E-state index >= 15 is 0 Å². The van der Waals surface area contributed by atoms with Crippen molar-refractivity contribution in [2.45, 2.75) is 57.8 Å². The zero-order valence-corrected chi connectivity index (χ0v) is 12.4. The minimum atomic E-state index is 0.570. The number of hydrogen-bond donors (Lipinski definition) is 2. The fourth-order valence-electron chi connectivity index (χ4n) is 5.51. The second-order valence-corrected chi connectivity index (χ2v) is 7.38. The van der Waals surface area contributed by atoms with Gasteiger partial charge in [-0.3, -0.25) is 0 Å². The largest absolute Gasteiger partial charge is 0.382 e. The molecule has 110 valence electrons. The molecule has 4 fully saturated rings. The van der Waals surface area contributed by atoms with E-state index in [0.717, 1.165) is 48.0 Å². The lowest BCUT2D eigenvalue weighted by Gasteiger charge is -2.54. The molecule has 4 N–H and O–H groups in total. The molecule has 0 aliphatic heterocycles. The monoisotopic (exact) mass is 274 g/mol. The molecule has 4 bridgehead atoms. The van der Waals surface area contributed by atoms with Crippen LogP contribution in [0.4, 0.5) is 5.82 Å². The highest BCUT2D eigenvalue weighted by Gasteiger charge is 2.50. The standard InChI is InChI=1S/C16H26N4/c1-2-3-13-15(17)20(18)16(19-13)14-11-5-9-4-10(7-11)8-12(14)6-9/h9-12,14H,2-8,17-18H2,1H3. The van der Waals surface area contributed by atoms with Crippen molar-refractivity contribution in [2.24, 2.45) is 23.7 Å². The first-order valence-corrected chi connectivity index (χ1v) is 8.29. The maximum atomic E-state index is 6.24. The Hall–Kier alpha value is -1.19. The molecule has 4 heteroatoms. The van der Waals surface area contributed by atoms with Crippen LogP contribution in [0.2, 0.25) is 0 Å². The van der Waals surface area contributed by atoms with E-state index in [0.29, 0.717) is 11.7 Å². The van der Waals surface area contributed by atoms with Crippen LogP contribution in [0.1, 0.15) is 62.9 Å². The van der Waals surface area contributed by atoms with Crippen molar-refractivity contribution >= 4 is 5.82 Å². The van der Waals surface area contributed by atoms with Gasteiger partial charge in [0.25, 0.3) is 0 Å². The van der Waals surface area contributed by atoms with Crippen molar-refractivity contribution < 1.29 is 0 Å². The first-order valence-electron chi connectivity index (χ1n) is 8.29. The van der Waals surface area contributed by atoms with E-state index in [1.54, 1.807) is 4.68 Å². The van der Waals surface area contributed by atoms with Gasteiger partial charge in [-0.25, -0.2) is 9.66 Å². The van der Waals surface area contributed by atoms with Crippen molar-refractivity contribution in [1.82, 2.24) is 9.66 Å². The van der Waals surface area contributed by atoms with E-state index in [1.807, 2.05) is 0 Å². The van der Waals surface area contributed by atoms with Crippen molar-refractivity contribution in [3.63, 3.8) is 0 Å². The fourth-order valence-corrected chi connectivity index (χ4v) is 5.51. The lowest BCUT2D eigenvalue weighted by atomic mass is 9.51. The maximum Gasteiger partial charge on any atom is 0.145 e. The van der Waals surface area contributed by atoms with Crippen molar-refractivity contribution in [2.75, 3.05) is 11.6 Å². The predicted octanol–water partition coefficient (Wildman–Crippen LogP) is 2.67. The van der Waals surface area contributed by atoms with Gasteiger partial charge in [0.05, 0.1) is 5.69 Å². The molecule has 1 heterocycles. The molecule has 0 unspecified atom stereocenters. The van der Waals surface area contributed by atoms with Crippen LogP contribution in [0, 0.1) is 23.7 Å². The zero-order valence-electron chi connectivity index (χ0n) is 12.4. The van der Waals surface area contributed by atoms with E-state index in [4.69, 9.17) is 16.6 Å². The van der Waals surface area contributed by atoms with Crippen LogP contribution in [0.5, 0.6) is 0 Å². The second-order valence-electron chi connectivity index (χ2n) is 7.38. The molecular formula is C16H26N4. The number of anilines is 1. The van der Waals surface area contributed by atoms with Crippen molar-refractivity contribution in [1.29, 1.82) is 0 Å². The average Bonchev–Trinajstić information content (AvgIpc) is 2.67. The summed E-state index contributed by atoms with van der Waals surface area (Å²) in [7, 11) is 0. The number of hydrogen-bond acceptors (Lipinski definition) is 3. The third-order valence-corrected chi connectivity index (χ3v) is 6.06. The van der Waals surface area contributed by atoms with Crippen LogP contribution in [-0.2, 0) is 6.42 Å². The van der Waals surface area contributed by atoms with Gasteiger partial charge in [0.15, 0.2) is 0 Å². The maximum absolute atomic E-state index is 6.24. The molecular weight excluding hydrogens is 248 g/mol. The van der Waals surface area contributed by atoms with E-state index < -0.39 is 0 Å².